The van der Waals surface area contributed by atoms with Crippen LogP contribution in [0.1, 0.15) is 19.8 Å². The third kappa shape index (κ3) is 6.17. The van der Waals surface area contributed by atoms with E-state index in [-0.39, 0.29) is 77.0 Å². The van der Waals surface area contributed by atoms with Crippen LogP contribution < -0.4 is 90.7 Å². The Morgan fingerprint density at radius 3 is 2.18 bits per heavy atom. The van der Waals surface area contributed by atoms with Gasteiger partial charge in [-0.15, -0.1) is 0 Å². The van der Waals surface area contributed by atoms with Crippen LogP contribution >= 0.6 is 0 Å². The van der Waals surface area contributed by atoms with Crippen molar-refractivity contribution in [3.05, 3.63) is 26.2 Å². The molecule has 0 saturated carbocycles. The fourth-order valence-corrected chi connectivity index (χ4v) is 1.72. The second-order valence-electron chi connectivity index (χ2n) is 4.69. The van der Waals surface area contributed by atoms with Crippen LogP contribution in [0.4, 0.5) is 11.4 Å². The summed E-state index contributed by atoms with van der Waals surface area (Å²) in [4.78, 5) is 34.2. The number of hydrogen-bond acceptors (Lipinski definition) is 6. The molecule has 0 unspecified atom stereocenters. The van der Waals surface area contributed by atoms with Gasteiger partial charge in [0.05, 0.1) is 0 Å². The average Bonchev–Trinajstić information content (AvgIpc) is 2.50. The molecular weight excluding hydrogens is 360 g/mol. The van der Waals surface area contributed by atoms with Crippen molar-refractivity contribution in [2.24, 2.45) is 5.73 Å². The minimum atomic E-state index is -0.984. The molecule has 0 aliphatic carbocycles. The second-order valence-corrected chi connectivity index (χ2v) is 4.69. The molecule has 22 heavy (non-hydrogen) atoms. The van der Waals surface area contributed by atoms with Gasteiger partial charge in [0.1, 0.15) is 11.4 Å². The fourth-order valence-electron chi connectivity index (χ4n) is 1.72. The van der Waals surface area contributed by atoms with E-state index in [4.69, 9.17) is 11.5 Å². The van der Waals surface area contributed by atoms with Crippen LogP contribution in [0.15, 0.2) is 9.59 Å². The van der Waals surface area contributed by atoms with E-state index in [9.17, 15) is 14.4 Å². The van der Waals surface area contributed by atoms with Gasteiger partial charge in [-0.05, 0) is 19.0 Å². The standard InChI is InChI=1S/C13H22N5O3.Rb/c1-2-3-4-16-9-10(12(20)11(9)19)17-5-6-18-13(21)8(15)7-14;/h8,15-17H,2-7,14H2,1H3,(H,18,21);/q-1;+1/t8-;/m1./s1. The normalized spacial score (nSPS) is 11.6. The van der Waals surface area contributed by atoms with Crippen molar-refractivity contribution in [1.29, 1.82) is 0 Å². The molecule has 0 saturated heterocycles. The molecule has 0 aliphatic rings. The van der Waals surface area contributed by atoms with Crippen molar-refractivity contribution in [1.82, 2.24) is 5.32 Å². The predicted octanol–water partition coefficient (Wildman–Crippen LogP) is -3.59. The SMILES string of the molecule is CCCCNc1c(NCCNC(=O)[C@H]([NH-])CN)c(=O)c1=O.[Rb+]. The minimum Gasteiger partial charge on any atom is -0.666 e. The first kappa shape index (κ1) is 21.9. The van der Waals surface area contributed by atoms with Gasteiger partial charge in [0.25, 0.3) is 10.9 Å². The van der Waals surface area contributed by atoms with Gasteiger partial charge < -0.3 is 27.4 Å². The van der Waals surface area contributed by atoms with Gasteiger partial charge in [-0.3, -0.25) is 14.4 Å². The average molecular weight is 382 g/mol. The molecule has 1 amide bonds. The van der Waals surface area contributed by atoms with E-state index in [0.717, 1.165) is 12.8 Å². The Labute approximate surface area is 178 Å². The summed E-state index contributed by atoms with van der Waals surface area (Å²) in [5, 5.41) is 8.29. The van der Waals surface area contributed by atoms with Crippen LogP contribution in [0, 0.1) is 0 Å². The quantitative estimate of drug-likeness (QED) is 0.244. The molecule has 1 aromatic carbocycles. The number of nitrogens with one attached hydrogen (secondary N) is 4. The summed E-state index contributed by atoms with van der Waals surface area (Å²) >= 11 is 0. The zero-order valence-corrected chi connectivity index (χ0v) is 18.0. The summed E-state index contributed by atoms with van der Waals surface area (Å²) in [6.45, 7) is 3.19. The first-order valence-electron chi connectivity index (χ1n) is 7.02. The van der Waals surface area contributed by atoms with Gasteiger partial charge in [-0.1, -0.05) is 13.3 Å². The van der Waals surface area contributed by atoms with Crippen LogP contribution in [0.3, 0.4) is 0 Å². The largest absolute Gasteiger partial charge is 1.00 e. The number of carbonyl (C=O) groups is 1. The third-order valence-electron chi connectivity index (χ3n) is 3.02. The summed E-state index contributed by atoms with van der Waals surface area (Å²) in [7, 11) is 0. The Bertz CT molecular complexity index is 542. The molecule has 1 aromatic rings. The summed E-state index contributed by atoms with van der Waals surface area (Å²) in [6.07, 6.45) is 1.91. The number of amides is 1. The first-order chi connectivity index (χ1) is 10.0. The molecule has 0 fully saturated rings. The topological polar surface area (TPSA) is 137 Å². The van der Waals surface area contributed by atoms with Crippen molar-refractivity contribution in [2.45, 2.75) is 25.8 Å². The van der Waals surface area contributed by atoms with E-state index in [2.05, 4.69) is 16.0 Å². The minimum absolute atomic E-state index is 0. The number of carbonyl (C=O) groups excluding carboxylic acids is 1. The first-order valence-corrected chi connectivity index (χ1v) is 7.02. The number of anilines is 2. The third-order valence-corrected chi connectivity index (χ3v) is 3.02. The van der Waals surface area contributed by atoms with E-state index in [1.807, 2.05) is 6.92 Å². The molecule has 8 nitrogen and oxygen atoms in total. The molecular formula is C13H22N5O3Rb. The van der Waals surface area contributed by atoms with Crippen molar-refractivity contribution >= 4 is 17.3 Å². The maximum atomic E-state index is 11.4. The van der Waals surface area contributed by atoms with Crippen LogP contribution in [0.5, 0.6) is 0 Å². The Morgan fingerprint density at radius 2 is 1.68 bits per heavy atom. The van der Waals surface area contributed by atoms with E-state index in [0.29, 0.717) is 18.8 Å². The molecule has 0 heterocycles. The molecule has 0 bridgehead atoms. The molecule has 0 spiro atoms. The number of hydrogen-bond donors (Lipinski definition) is 4. The monoisotopic (exact) mass is 381 g/mol. The Balaban J connectivity index is 0.00000441. The maximum absolute atomic E-state index is 11.4. The molecule has 9 heteroatoms. The molecule has 1 atom stereocenters. The molecule has 6 N–H and O–H groups in total. The van der Waals surface area contributed by atoms with Crippen molar-refractivity contribution in [2.75, 3.05) is 36.8 Å². The van der Waals surface area contributed by atoms with Crippen LogP contribution in [0.25, 0.3) is 5.73 Å². The van der Waals surface area contributed by atoms with Gasteiger partial charge in [0, 0.05) is 19.6 Å². The van der Waals surface area contributed by atoms with Crippen molar-refractivity contribution in [3.8, 4) is 0 Å². The van der Waals surface area contributed by atoms with Gasteiger partial charge in [0.15, 0.2) is 0 Å². The van der Waals surface area contributed by atoms with E-state index >= 15 is 0 Å². The Hall–Kier alpha value is -0.125. The predicted molar refractivity (Wildman–Crippen MR) is 83.4 cm³/mol. The molecule has 1 rings (SSSR count). The van der Waals surface area contributed by atoms with Gasteiger partial charge in [-0.2, -0.15) is 0 Å². The van der Waals surface area contributed by atoms with Gasteiger partial charge in [-0.25, -0.2) is 0 Å². The van der Waals surface area contributed by atoms with Crippen LogP contribution in [0.2, 0.25) is 0 Å². The van der Waals surface area contributed by atoms with Gasteiger partial charge in [0.2, 0.25) is 5.91 Å². The molecule has 0 aliphatic heterocycles. The van der Waals surface area contributed by atoms with E-state index < -0.39 is 22.8 Å². The van der Waals surface area contributed by atoms with Crippen molar-refractivity contribution < 1.29 is 63.0 Å². The Morgan fingerprint density at radius 1 is 1.14 bits per heavy atom. The molecule has 0 radical (unpaired) electrons. The molecule has 118 valence electrons. The van der Waals surface area contributed by atoms with E-state index in [1.54, 1.807) is 0 Å². The van der Waals surface area contributed by atoms with Crippen LogP contribution in [-0.2, 0) is 4.79 Å². The summed E-state index contributed by atoms with van der Waals surface area (Å²) in [5.41, 5.74) is 12.0. The zero-order chi connectivity index (χ0) is 15.8. The maximum Gasteiger partial charge on any atom is 1.00 e. The van der Waals surface area contributed by atoms with Crippen LogP contribution in [-0.4, -0.2) is 38.1 Å². The summed E-state index contributed by atoms with van der Waals surface area (Å²) in [6, 6.07) is -0.984. The molecule has 0 aromatic heterocycles. The summed E-state index contributed by atoms with van der Waals surface area (Å²) < 4.78 is 0. The fraction of sp³-hybridized carbons (Fsp3) is 0.615. The van der Waals surface area contributed by atoms with Gasteiger partial charge >= 0.3 is 58.2 Å². The summed E-state index contributed by atoms with van der Waals surface area (Å²) in [5.74, 6) is -0.453. The number of rotatable bonds is 10. The van der Waals surface area contributed by atoms with Crippen molar-refractivity contribution in [3.63, 3.8) is 0 Å². The number of unbranched alkanes of at least 4 members (excludes halogenated alkanes) is 1. The Kier molecular flexibility index (Phi) is 11.4. The zero-order valence-electron chi connectivity index (χ0n) is 13.1. The van der Waals surface area contributed by atoms with E-state index in [1.165, 1.54) is 0 Å². The smallest absolute Gasteiger partial charge is 0.666 e. The second kappa shape index (κ2) is 11.4. The number of nitrogens with two attached hydrogens (primary N) is 1.